The van der Waals surface area contributed by atoms with Gasteiger partial charge in [-0.05, 0) is 0 Å². The summed E-state index contributed by atoms with van der Waals surface area (Å²) in [5, 5.41) is 0. The zero-order valence-electron chi connectivity index (χ0n) is 8.64. The van der Waals surface area contributed by atoms with Crippen molar-refractivity contribution in [1.29, 1.82) is 0 Å². The van der Waals surface area contributed by atoms with Crippen LogP contribution >= 0.6 is 0 Å². The van der Waals surface area contributed by atoms with E-state index in [1.807, 2.05) is 0 Å². The number of hydrogen-bond acceptors (Lipinski definition) is 4. The topological polar surface area (TPSA) is 266 Å². The number of nitrogens with two attached hydrogens (primary N) is 6. The van der Waals surface area contributed by atoms with Crippen LogP contribution < -0.4 is 16.3 Å². The van der Waals surface area contributed by atoms with Crippen molar-refractivity contribution in [1.82, 2.24) is 19.9 Å². The zero-order valence-corrected chi connectivity index (χ0v) is 10.4. The number of rotatable bonds is 0. The van der Waals surface area contributed by atoms with Gasteiger partial charge in [0, 0.05) is 5.52 Å². The molecule has 98 valence electrons. The molecule has 0 unspecified atom stereocenters. The summed E-state index contributed by atoms with van der Waals surface area (Å²) < 4.78 is 0. The molecule has 0 aromatic carbocycles. The fourth-order valence-corrected chi connectivity index (χ4v) is 0.820. The molecule has 2 rings (SSSR count). The van der Waals surface area contributed by atoms with Gasteiger partial charge < -0.3 is 46.5 Å². The molecule has 0 aliphatic carbocycles. The van der Waals surface area contributed by atoms with Crippen LogP contribution in [0.5, 0.6) is 0 Å². The van der Waals surface area contributed by atoms with Gasteiger partial charge in [0.05, 0.1) is 5.65 Å². The summed E-state index contributed by atoms with van der Waals surface area (Å²) in [5.74, 6) is 0.0583. The molecule has 2 aromatic heterocycles. The molecule has 0 fully saturated rings. The summed E-state index contributed by atoms with van der Waals surface area (Å²) in [4.78, 5) is 24.4. The van der Waals surface area contributed by atoms with Crippen LogP contribution in [0, 0.1) is 0 Å². The molecule has 0 radical (unpaired) electrons. The largest absolute Gasteiger partial charge is 6.00 e. The van der Waals surface area contributed by atoms with Crippen LogP contribution in [-0.2, 0) is 19.5 Å². The molecule has 13 N–H and O–H groups in total. The average Bonchev–Trinajstić information content (AvgIpc) is 2.34. The van der Waals surface area contributed by atoms with Crippen LogP contribution in [0.15, 0.2) is 11.1 Å². The number of aromatic amines is 1. The molecular formula is C5H14N10ORu. The first-order valence-corrected chi connectivity index (χ1v) is 2.90. The first kappa shape index (κ1) is 29.6. The van der Waals surface area contributed by atoms with Crippen molar-refractivity contribution in [2.24, 2.45) is 0 Å². The van der Waals surface area contributed by atoms with E-state index in [4.69, 9.17) is 5.73 Å². The van der Waals surface area contributed by atoms with Crippen molar-refractivity contribution in [3.63, 3.8) is 0 Å². The molecule has 12 heteroatoms. The average molecular weight is 331 g/mol. The normalized spacial score (nSPS) is 6.82. The number of nitrogens with one attached hydrogen (secondary N) is 1. The maximum atomic E-state index is 11.0. The van der Waals surface area contributed by atoms with Gasteiger partial charge >= 0.3 is 19.5 Å². The fourth-order valence-electron chi connectivity index (χ4n) is 0.820. The van der Waals surface area contributed by atoms with Crippen molar-refractivity contribution < 1.29 is 19.5 Å². The molecule has 0 saturated carbocycles. The Morgan fingerprint density at radius 3 is 2.24 bits per heavy atom. The summed E-state index contributed by atoms with van der Waals surface area (Å²) in [7, 11) is 0. The summed E-state index contributed by atoms with van der Waals surface area (Å²) in [6.45, 7) is 0. The SMILES string of the molecule is Nc1nc2nc[n-]c2c(=O)[nH]1.[NH2-].[NH2-].[NH2-].[NH2-].[NH2-].[Ru+6]. The van der Waals surface area contributed by atoms with Gasteiger partial charge in [0.1, 0.15) is 0 Å². The summed E-state index contributed by atoms with van der Waals surface area (Å²) in [5.41, 5.74) is 5.40. The molecule has 2 aromatic rings. The van der Waals surface area contributed by atoms with E-state index in [2.05, 4.69) is 19.9 Å². The Labute approximate surface area is 110 Å². The number of anilines is 1. The van der Waals surface area contributed by atoms with Crippen LogP contribution in [0.3, 0.4) is 0 Å². The van der Waals surface area contributed by atoms with E-state index in [-0.39, 0.29) is 72.9 Å². The van der Waals surface area contributed by atoms with E-state index < -0.39 is 0 Å². The van der Waals surface area contributed by atoms with Crippen LogP contribution in [0.4, 0.5) is 5.95 Å². The molecule has 2 heterocycles. The Morgan fingerprint density at radius 1 is 1.18 bits per heavy atom. The van der Waals surface area contributed by atoms with Gasteiger partial charge in [-0.1, -0.05) is 6.33 Å². The zero-order chi connectivity index (χ0) is 7.84. The first-order chi connectivity index (χ1) is 5.27. The summed E-state index contributed by atoms with van der Waals surface area (Å²) >= 11 is 0. The van der Waals surface area contributed by atoms with Gasteiger partial charge in [0.15, 0.2) is 0 Å². The number of nitrogen functional groups attached to an aromatic ring is 1. The van der Waals surface area contributed by atoms with Gasteiger partial charge in [-0.25, -0.2) is 4.98 Å². The molecule has 0 atom stereocenters. The van der Waals surface area contributed by atoms with Crippen molar-refractivity contribution in [2.45, 2.75) is 0 Å². The van der Waals surface area contributed by atoms with E-state index in [0.717, 1.165) is 0 Å². The molecular weight excluding hydrogens is 317 g/mol. The maximum absolute atomic E-state index is 11.0. The molecule has 0 saturated heterocycles. The number of hydrogen-bond donors (Lipinski definition) is 2. The molecule has 0 bridgehead atoms. The maximum Gasteiger partial charge on any atom is 6.00 e. The van der Waals surface area contributed by atoms with Gasteiger partial charge in [-0.15, -0.1) is 0 Å². The monoisotopic (exact) mass is 332 g/mol. The summed E-state index contributed by atoms with van der Waals surface area (Å²) in [6, 6.07) is 0. The number of aromatic nitrogens is 4. The van der Waals surface area contributed by atoms with Gasteiger partial charge in [0.2, 0.25) is 5.95 Å². The molecule has 0 aliphatic heterocycles. The van der Waals surface area contributed by atoms with E-state index in [1.54, 1.807) is 0 Å². The van der Waals surface area contributed by atoms with E-state index in [0.29, 0.717) is 0 Å². The Balaban J connectivity index is -0.0000000800. The van der Waals surface area contributed by atoms with Gasteiger partial charge in [-0.2, -0.15) is 0 Å². The van der Waals surface area contributed by atoms with Crippen molar-refractivity contribution in [3.8, 4) is 0 Å². The molecule has 17 heavy (non-hydrogen) atoms. The van der Waals surface area contributed by atoms with Crippen molar-refractivity contribution >= 4 is 17.1 Å². The minimum absolute atomic E-state index is 0. The van der Waals surface area contributed by atoms with Crippen molar-refractivity contribution in [2.75, 3.05) is 5.73 Å². The Hall–Kier alpha value is -1.43. The fraction of sp³-hybridized carbons (Fsp3) is 0. The number of H-pyrrole nitrogens is 1. The van der Waals surface area contributed by atoms with Crippen LogP contribution in [0.1, 0.15) is 0 Å². The van der Waals surface area contributed by atoms with Crippen molar-refractivity contribution in [3.05, 3.63) is 47.4 Å². The molecule has 0 amide bonds. The van der Waals surface area contributed by atoms with E-state index in [9.17, 15) is 4.79 Å². The number of imidazole rings is 1. The predicted octanol–water partition coefficient (Wildman–Crippen LogP) is 2.44. The predicted molar refractivity (Wildman–Crippen MR) is 64.3 cm³/mol. The standard InChI is InChI=1S/C5H5N5O.5H2N.Ru/c6-5-9-3-2(4(11)10-5)7-1-8-3;;;;;;/h1H,(H4,6,7,8,9,10,11);5*1H2;/q;5*-1;+6/p-1. The van der Waals surface area contributed by atoms with Gasteiger partial charge in [-0.3, -0.25) is 9.78 Å². The van der Waals surface area contributed by atoms with Crippen LogP contribution in [-0.4, -0.2) is 15.0 Å². The van der Waals surface area contributed by atoms with E-state index in [1.165, 1.54) is 6.33 Å². The Kier molecular flexibility index (Phi) is 19.3. The minimum Gasteiger partial charge on any atom is -0.693 e. The quantitative estimate of drug-likeness (QED) is 0.685. The second-order valence-electron chi connectivity index (χ2n) is 2.00. The third kappa shape index (κ3) is 5.44. The Morgan fingerprint density at radius 2 is 1.71 bits per heavy atom. The van der Waals surface area contributed by atoms with E-state index >= 15 is 0 Å². The smallest absolute Gasteiger partial charge is 0.693 e. The third-order valence-electron chi connectivity index (χ3n) is 1.26. The number of nitrogens with zero attached hydrogens (tertiary/aromatic N) is 3. The second kappa shape index (κ2) is 11.1. The third-order valence-corrected chi connectivity index (χ3v) is 1.26. The van der Waals surface area contributed by atoms with Crippen LogP contribution in [0.25, 0.3) is 41.9 Å². The minimum atomic E-state index is -0.356. The second-order valence-corrected chi connectivity index (χ2v) is 2.00. The van der Waals surface area contributed by atoms with Gasteiger partial charge in [0.25, 0.3) is 5.56 Å². The van der Waals surface area contributed by atoms with Crippen LogP contribution in [0.2, 0.25) is 0 Å². The number of fused-ring (bicyclic) bond motifs is 1. The first-order valence-electron chi connectivity index (χ1n) is 2.90. The summed E-state index contributed by atoms with van der Waals surface area (Å²) in [6.07, 6.45) is 1.27. The molecule has 0 spiro atoms. The molecule has 0 aliphatic rings. The molecule has 11 nitrogen and oxygen atoms in total. The Bertz CT molecular complexity index is 451.